The van der Waals surface area contributed by atoms with E-state index in [4.69, 9.17) is 5.11 Å². The Bertz CT molecular complexity index is 61.4. The van der Waals surface area contributed by atoms with Crippen molar-refractivity contribution in [2.75, 3.05) is 13.6 Å². The van der Waals surface area contributed by atoms with Gasteiger partial charge in [0.2, 0.25) is 0 Å². The standard InChI is InChI=1S/C5H11NO.ClH/c1-6-4-2-3-5(6)7;/h5,7H,2-4H2,1H3;1H. The summed E-state index contributed by atoms with van der Waals surface area (Å²) >= 11 is 0. The van der Waals surface area contributed by atoms with E-state index < -0.39 is 0 Å². The van der Waals surface area contributed by atoms with E-state index in [9.17, 15) is 0 Å². The van der Waals surface area contributed by atoms with Crippen molar-refractivity contribution in [2.24, 2.45) is 0 Å². The number of aliphatic hydroxyl groups is 1. The molecule has 50 valence electrons. The van der Waals surface area contributed by atoms with Crippen LogP contribution in [0.25, 0.3) is 0 Å². The molecule has 0 amide bonds. The monoisotopic (exact) mass is 137 g/mol. The molecule has 3 heteroatoms. The summed E-state index contributed by atoms with van der Waals surface area (Å²) in [5.74, 6) is 0. The van der Waals surface area contributed by atoms with Gasteiger partial charge in [0, 0.05) is 6.54 Å². The van der Waals surface area contributed by atoms with Crippen molar-refractivity contribution in [1.29, 1.82) is 0 Å². The Labute approximate surface area is 55.9 Å². The lowest BCUT2D eigenvalue weighted by Crippen LogP contribution is -2.23. The topological polar surface area (TPSA) is 23.5 Å². The largest absolute Gasteiger partial charge is 0.378 e. The summed E-state index contributed by atoms with van der Waals surface area (Å²) in [7, 11) is 1.94. The molecule has 0 aromatic carbocycles. The second-order valence-electron chi connectivity index (χ2n) is 2.10. The van der Waals surface area contributed by atoms with E-state index in [1.54, 1.807) is 0 Å². The fraction of sp³-hybridized carbons (Fsp3) is 1.00. The molecule has 2 nitrogen and oxygen atoms in total. The molecule has 1 atom stereocenters. The van der Waals surface area contributed by atoms with Crippen LogP contribution in [0, 0.1) is 0 Å². The number of rotatable bonds is 0. The predicted octanol–water partition coefficient (Wildman–Crippen LogP) is 0.452. The van der Waals surface area contributed by atoms with Crippen molar-refractivity contribution < 1.29 is 5.11 Å². The summed E-state index contributed by atoms with van der Waals surface area (Å²) in [5, 5.41) is 8.92. The van der Waals surface area contributed by atoms with Crippen LogP contribution in [0.5, 0.6) is 0 Å². The van der Waals surface area contributed by atoms with Crippen LogP contribution in [0.4, 0.5) is 0 Å². The van der Waals surface area contributed by atoms with Crippen LogP contribution >= 0.6 is 12.4 Å². The zero-order valence-corrected chi connectivity index (χ0v) is 5.82. The van der Waals surface area contributed by atoms with Gasteiger partial charge in [-0.25, -0.2) is 0 Å². The van der Waals surface area contributed by atoms with Crippen molar-refractivity contribution in [3.8, 4) is 0 Å². The van der Waals surface area contributed by atoms with Crippen LogP contribution in [0.1, 0.15) is 12.8 Å². The highest BCUT2D eigenvalue weighted by Gasteiger charge is 2.16. The fourth-order valence-corrected chi connectivity index (χ4v) is 0.893. The third-order valence-corrected chi connectivity index (χ3v) is 1.48. The first-order valence-corrected chi connectivity index (χ1v) is 2.69. The lowest BCUT2D eigenvalue weighted by atomic mass is 10.4. The minimum atomic E-state index is -0.153. The van der Waals surface area contributed by atoms with E-state index in [-0.39, 0.29) is 18.6 Å². The zero-order chi connectivity index (χ0) is 5.28. The Morgan fingerprint density at radius 2 is 2.25 bits per heavy atom. The van der Waals surface area contributed by atoms with Gasteiger partial charge in [-0.2, -0.15) is 0 Å². The maximum atomic E-state index is 8.92. The van der Waals surface area contributed by atoms with E-state index in [1.165, 1.54) is 0 Å². The third-order valence-electron chi connectivity index (χ3n) is 1.48. The molecule has 1 aliphatic heterocycles. The number of halogens is 1. The van der Waals surface area contributed by atoms with Crippen molar-refractivity contribution in [3.63, 3.8) is 0 Å². The van der Waals surface area contributed by atoms with Gasteiger partial charge in [-0.05, 0) is 19.9 Å². The number of nitrogens with zero attached hydrogens (tertiary/aromatic N) is 1. The van der Waals surface area contributed by atoms with E-state index in [1.807, 2.05) is 11.9 Å². The van der Waals surface area contributed by atoms with E-state index >= 15 is 0 Å². The molecule has 0 aromatic rings. The van der Waals surface area contributed by atoms with Crippen LogP contribution < -0.4 is 0 Å². The normalized spacial score (nSPS) is 30.0. The molecule has 0 saturated carbocycles. The molecule has 1 rings (SSSR count). The molecule has 0 bridgehead atoms. The summed E-state index contributed by atoms with van der Waals surface area (Å²) in [6.45, 7) is 1.06. The molecule has 1 unspecified atom stereocenters. The second kappa shape index (κ2) is 3.28. The van der Waals surface area contributed by atoms with Gasteiger partial charge in [-0.3, -0.25) is 4.90 Å². The van der Waals surface area contributed by atoms with Gasteiger partial charge in [0.1, 0.15) is 6.23 Å². The lowest BCUT2D eigenvalue weighted by molar-refractivity contribution is 0.0574. The van der Waals surface area contributed by atoms with Crippen molar-refractivity contribution in [2.45, 2.75) is 19.1 Å². The first kappa shape index (κ1) is 8.21. The summed E-state index contributed by atoms with van der Waals surface area (Å²) in [6, 6.07) is 0. The smallest absolute Gasteiger partial charge is 0.107 e. The van der Waals surface area contributed by atoms with Crippen molar-refractivity contribution in [3.05, 3.63) is 0 Å². The molecule has 1 aliphatic rings. The average molecular weight is 138 g/mol. The van der Waals surface area contributed by atoms with E-state index in [0.717, 1.165) is 19.4 Å². The van der Waals surface area contributed by atoms with Gasteiger partial charge in [0.05, 0.1) is 0 Å². The fourth-order valence-electron chi connectivity index (χ4n) is 0.893. The van der Waals surface area contributed by atoms with Gasteiger partial charge >= 0.3 is 0 Å². The second-order valence-corrected chi connectivity index (χ2v) is 2.10. The molecule has 1 heterocycles. The van der Waals surface area contributed by atoms with Gasteiger partial charge < -0.3 is 5.11 Å². The number of hydrogen-bond donors (Lipinski definition) is 1. The van der Waals surface area contributed by atoms with Crippen LogP contribution in [-0.4, -0.2) is 29.8 Å². The van der Waals surface area contributed by atoms with E-state index in [0.29, 0.717) is 0 Å². The molecule has 0 spiro atoms. The zero-order valence-electron chi connectivity index (χ0n) is 5.00. The molecule has 1 fully saturated rings. The maximum absolute atomic E-state index is 8.92. The summed E-state index contributed by atoms with van der Waals surface area (Å²) in [5.41, 5.74) is 0. The number of aliphatic hydroxyl groups excluding tert-OH is 1. The first-order valence-electron chi connectivity index (χ1n) is 2.69. The highest BCUT2D eigenvalue weighted by atomic mass is 35.5. The molecule has 1 N–H and O–H groups in total. The molecule has 0 aliphatic carbocycles. The van der Waals surface area contributed by atoms with Crippen LogP contribution in [0.3, 0.4) is 0 Å². The van der Waals surface area contributed by atoms with E-state index in [2.05, 4.69) is 0 Å². The Balaban J connectivity index is 0.000000490. The number of hydrogen-bond acceptors (Lipinski definition) is 2. The van der Waals surface area contributed by atoms with Gasteiger partial charge in [-0.15, -0.1) is 12.4 Å². The summed E-state index contributed by atoms with van der Waals surface area (Å²) < 4.78 is 0. The third kappa shape index (κ3) is 1.62. The first-order chi connectivity index (χ1) is 3.30. The van der Waals surface area contributed by atoms with Crippen LogP contribution in [-0.2, 0) is 0 Å². The van der Waals surface area contributed by atoms with Crippen LogP contribution in [0.15, 0.2) is 0 Å². The van der Waals surface area contributed by atoms with Gasteiger partial charge in [-0.1, -0.05) is 0 Å². The summed E-state index contributed by atoms with van der Waals surface area (Å²) in [6.07, 6.45) is 1.95. The molecular weight excluding hydrogens is 126 g/mol. The Morgan fingerprint density at radius 1 is 1.62 bits per heavy atom. The van der Waals surface area contributed by atoms with Crippen LogP contribution in [0.2, 0.25) is 0 Å². The highest BCUT2D eigenvalue weighted by molar-refractivity contribution is 5.85. The lowest BCUT2D eigenvalue weighted by Gasteiger charge is -2.10. The van der Waals surface area contributed by atoms with Gasteiger partial charge in [0.25, 0.3) is 0 Å². The quantitative estimate of drug-likeness (QED) is 0.524. The predicted molar refractivity (Wildman–Crippen MR) is 35.1 cm³/mol. The molecule has 1 saturated heterocycles. The Kier molecular flexibility index (Phi) is 3.36. The molecular formula is C5H12ClNO. The molecule has 8 heavy (non-hydrogen) atoms. The van der Waals surface area contributed by atoms with Crippen molar-refractivity contribution in [1.82, 2.24) is 4.90 Å². The molecule has 0 aromatic heterocycles. The summed E-state index contributed by atoms with van der Waals surface area (Å²) in [4.78, 5) is 1.96. The average Bonchev–Trinajstić information content (AvgIpc) is 1.91. The maximum Gasteiger partial charge on any atom is 0.107 e. The SMILES string of the molecule is CN1CCCC1O.Cl. The minimum absolute atomic E-state index is 0. The van der Waals surface area contributed by atoms with Gasteiger partial charge in [0.15, 0.2) is 0 Å². The highest BCUT2D eigenvalue weighted by Crippen LogP contribution is 2.10. The van der Waals surface area contributed by atoms with Crippen molar-refractivity contribution >= 4 is 12.4 Å². The molecule has 0 radical (unpaired) electrons. The minimum Gasteiger partial charge on any atom is -0.378 e. The Hall–Kier alpha value is 0.210. The Morgan fingerprint density at radius 3 is 2.38 bits per heavy atom. The number of likely N-dealkylation sites (tertiary alicyclic amines) is 1.